The number of carbonyl (C=O) groups excluding carboxylic acids is 1. The number of furan rings is 1. The molecule has 0 aliphatic heterocycles. The van der Waals surface area contributed by atoms with Gasteiger partial charge in [0.05, 0.1) is 4.92 Å². The van der Waals surface area contributed by atoms with E-state index in [0.29, 0.717) is 5.76 Å². The zero-order chi connectivity index (χ0) is 20.3. The molecule has 0 radical (unpaired) electrons. The summed E-state index contributed by atoms with van der Waals surface area (Å²) in [4.78, 5) is 23.1. The summed E-state index contributed by atoms with van der Waals surface area (Å²) in [5.74, 6) is 0.305. The fourth-order valence-electron chi connectivity index (χ4n) is 2.81. The third-order valence-corrected chi connectivity index (χ3v) is 4.29. The van der Waals surface area contributed by atoms with Crippen molar-refractivity contribution in [3.63, 3.8) is 0 Å². The van der Waals surface area contributed by atoms with Crippen molar-refractivity contribution in [2.45, 2.75) is 27.4 Å². The Morgan fingerprint density at radius 1 is 1.11 bits per heavy atom. The molecule has 1 amide bonds. The minimum Gasteiger partial charge on any atom is -0.479 e. The van der Waals surface area contributed by atoms with Gasteiger partial charge in [-0.1, -0.05) is 24.3 Å². The number of nitro benzene ring substituents is 1. The normalized spacial score (nSPS) is 10.5. The minimum absolute atomic E-state index is 0.0272. The Balaban J connectivity index is 1.69. The van der Waals surface area contributed by atoms with Crippen molar-refractivity contribution in [3.8, 4) is 5.75 Å². The lowest BCUT2D eigenvalue weighted by molar-refractivity contribution is -0.386. The number of hydrogen-bond donors (Lipinski definition) is 1. The highest BCUT2D eigenvalue weighted by Gasteiger charge is 2.17. The Morgan fingerprint density at radius 2 is 1.82 bits per heavy atom. The van der Waals surface area contributed by atoms with E-state index in [4.69, 9.17) is 9.15 Å². The minimum atomic E-state index is -0.492. The Morgan fingerprint density at radius 3 is 2.50 bits per heavy atom. The number of ether oxygens (including phenoxy) is 1. The monoisotopic (exact) mass is 380 g/mol. The van der Waals surface area contributed by atoms with E-state index >= 15 is 0 Å². The molecule has 1 N–H and O–H groups in total. The van der Waals surface area contributed by atoms with Crippen LogP contribution >= 0.6 is 0 Å². The molecule has 7 heteroatoms. The molecule has 0 fully saturated rings. The van der Waals surface area contributed by atoms with Gasteiger partial charge in [-0.3, -0.25) is 14.9 Å². The smallest absolute Gasteiger partial charge is 0.311 e. The van der Waals surface area contributed by atoms with Crippen LogP contribution in [0, 0.1) is 30.9 Å². The highest BCUT2D eigenvalue weighted by atomic mass is 16.6. The van der Waals surface area contributed by atoms with Crippen LogP contribution in [0.15, 0.2) is 52.9 Å². The number of aryl methyl sites for hydroxylation is 3. The number of nitrogens with one attached hydrogen (secondary N) is 1. The van der Waals surface area contributed by atoms with Gasteiger partial charge < -0.3 is 14.5 Å². The van der Waals surface area contributed by atoms with E-state index in [1.807, 2.05) is 32.0 Å². The van der Waals surface area contributed by atoms with Gasteiger partial charge in [0.1, 0.15) is 12.4 Å². The SMILES string of the molecule is Cc1ccc(OCc2ccc(C(=O)Nc3c(C)cccc3C)o2)c([N+](=O)[O-])c1. The largest absolute Gasteiger partial charge is 0.479 e. The summed E-state index contributed by atoms with van der Waals surface area (Å²) in [7, 11) is 0. The lowest BCUT2D eigenvalue weighted by atomic mass is 10.1. The van der Waals surface area contributed by atoms with Gasteiger partial charge in [0.15, 0.2) is 11.5 Å². The molecule has 3 aromatic rings. The lowest BCUT2D eigenvalue weighted by Gasteiger charge is -2.10. The zero-order valence-electron chi connectivity index (χ0n) is 15.8. The fourth-order valence-corrected chi connectivity index (χ4v) is 2.81. The number of nitro groups is 1. The Bertz CT molecular complexity index is 1020. The van der Waals surface area contributed by atoms with Gasteiger partial charge in [-0.2, -0.15) is 0 Å². The van der Waals surface area contributed by atoms with Crippen LogP contribution in [0.4, 0.5) is 11.4 Å². The van der Waals surface area contributed by atoms with Crippen molar-refractivity contribution in [2.75, 3.05) is 5.32 Å². The summed E-state index contributed by atoms with van der Waals surface area (Å²) >= 11 is 0. The molecule has 2 aromatic carbocycles. The van der Waals surface area contributed by atoms with E-state index in [0.717, 1.165) is 22.4 Å². The van der Waals surface area contributed by atoms with Crippen LogP contribution < -0.4 is 10.1 Å². The Hall–Kier alpha value is -3.61. The van der Waals surface area contributed by atoms with E-state index in [9.17, 15) is 14.9 Å². The second-order valence-corrected chi connectivity index (χ2v) is 6.50. The van der Waals surface area contributed by atoms with Crippen LogP contribution in [-0.2, 0) is 6.61 Å². The maximum absolute atomic E-state index is 12.5. The summed E-state index contributed by atoms with van der Waals surface area (Å²) in [5.41, 5.74) is 3.31. The maximum atomic E-state index is 12.5. The number of anilines is 1. The molecule has 1 aromatic heterocycles. The van der Waals surface area contributed by atoms with Crippen molar-refractivity contribution >= 4 is 17.3 Å². The molecular formula is C21H20N2O5. The lowest BCUT2D eigenvalue weighted by Crippen LogP contribution is -2.13. The van der Waals surface area contributed by atoms with Crippen LogP contribution in [0.2, 0.25) is 0 Å². The second-order valence-electron chi connectivity index (χ2n) is 6.50. The summed E-state index contributed by atoms with van der Waals surface area (Å²) in [6, 6.07) is 13.6. The summed E-state index contributed by atoms with van der Waals surface area (Å²) < 4.78 is 11.1. The predicted octanol–water partition coefficient (Wildman–Crippen LogP) is 4.94. The van der Waals surface area contributed by atoms with Gasteiger partial charge in [0.25, 0.3) is 5.91 Å². The van der Waals surface area contributed by atoms with Gasteiger partial charge in [-0.25, -0.2) is 0 Å². The fraction of sp³-hybridized carbons (Fsp3) is 0.190. The van der Waals surface area contributed by atoms with E-state index in [1.54, 1.807) is 31.2 Å². The van der Waals surface area contributed by atoms with Crippen LogP contribution in [0.3, 0.4) is 0 Å². The second kappa shape index (κ2) is 7.96. The molecule has 144 valence electrons. The summed E-state index contributed by atoms with van der Waals surface area (Å²) in [6.45, 7) is 5.57. The van der Waals surface area contributed by atoms with Crippen molar-refractivity contribution in [1.29, 1.82) is 0 Å². The quantitative estimate of drug-likeness (QED) is 0.482. The maximum Gasteiger partial charge on any atom is 0.311 e. The van der Waals surface area contributed by atoms with Crippen LogP contribution in [-0.4, -0.2) is 10.8 Å². The molecule has 28 heavy (non-hydrogen) atoms. The first-order chi connectivity index (χ1) is 13.3. The number of carbonyl (C=O) groups is 1. The standard InChI is InChI=1S/C21H20N2O5/c1-13-7-9-18(17(11-13)23(25)26)27-12-16-8-10-19(28-16)21(24)22-20-14(2)5-4-6-15(20)3/h4-11H,12H2,1-3H3,(H,22,24). The molecule has 0 unspecified atom stereocenters. The molecule has 1 heterocycles. The predicted molar refractivity (Wildman–Crippen MR) is 105 cm³/mol. The summed E-state index contributed by atoms with van der Waals surface area (Å²) in [5, 5.41) is 14.0. The van der Waals surface area contributed by atoms with Crippen molar-refractivity contribution in [2.24, 2.45) is 0 Å². The van der Waals surface area contributed by atoms with Gasteiger partial charge in [0, 0.05) is 11.8 Å². The van der Waals surface area contributed by atoms with Crippen LogP contribution in [0.25, 0.3) is 0 Å². The first-order valence-corrected chi connectivity index (χ1v) is 8.69. The van der Waals surface area contributed by atoms with E-state index < -0.39 is 4.92 Å². The summed E-state index contributed by atoms with van der Waals surface area (Å²) in [6.07, 6.45) is 0. The number of rotatable bonds is 6. The highest BCUT2D eigenvalue weighted by molar-refractivity contribution is 6.03. The third kappa shape index (κ3) is 4.20. The van der Waals surface area contributed by atoms with Crippen molar-refractivity contribution in [3.05, 3.63) is 86.9 Å². The number of nitrogens with zero attached hydrogens (tertiary/aromatic N) is 1. The first kappa shape index (κ1) is 19.2. The highest BCUT2D eigenvalue weighted by Crippen LogP contribution is 2.28. The molecule has 0 saturated carbocycles. The average molecular weight is 380 g/mol. The molecule has 0 saturated heterocycles. The molecule has 7 nitrogen and oxygen atoms in total. The molecule has 0 aliphatic rings. The average Bonchev–Trinajstić information content (AvgIpc) is 3.12. The Labute approximate surface area is 162 Å². The van der Waals surface area contributed by atoms with E-state index in [2.05, 4.69) is 5.32 Å². The number of benzene rings is 2. The number of amides is 1. The molecule has 3 rings (SSSR count). The molecular weight excluding hydrogens is 360 g/mol. The molecule has 0 atom stereocenters. The molecule has 0 spiro atoms. The third-order valence-electron chi connectivity index (χ3n) is 4.29. The zero-order valence-corrected chi connectivity index (χ0v) is 15.8. The van der Waals surface area contributed by atoms with Crippen LogP contribution in [0.1, 0.15) is 33.0 Å². The van der Waals surface area contributed by atoms with Gasteiger partial charge in [-0.15, -0.1) is 0 Å². The number of para-hydroxylation sites is 1. The van der Waals surface area contributed by atoms with Crippen LogP contribution in [0.5, 0.6) is 5.75 Å². The topological polar surface area (TPSA) is 94.6 Å². The van der Waals surface area contributed by atoms with Gasteiger partial charge in [0.2, 0.25) is 0 Å². The molecule has 0 aliphatic carbocycles. The van der Waals surface area contributed by atoms with Crippen molar-refractivity contribution < 1.29 is 18.9 Å². The van der Waals surface area contributed by atoms with E-state index in [-0.39, 0.29) is 29.7 Å². The van der Waals surface area contributed by atoms with Gasteiger partial charge >= 0.3 is 5.69 Å². The molecule has 0 bridgehead atoms. The first-order valence-electron chi connectivity index (χ1n) is 8.69. The van der Waals surface area contributed by atoms with Gasteiger partial charge in [-0.05, 0) is 55.7 Å². The van der Waals surface area contributed by atoms with E-state index in [1.165, 1.54) is 6.07 Å². The van der Waals surface area contributed by atoms with Crippen molar-refractivity contribution in [1.82, 2.24) is 0 Å². The Kier molecular flexibility index (Phi) is 5.44. The number of hydrogen-bond acceptors (Lipinski definition) is 5.